The first-order chi connectivity index (χ1) is 11.7. The zero-order valence-corrected chi connectivity index (χ0v) is 14.3. The van der Waals surface area contributed by atoms with E-state index in [1.165, 1.54) is 0 Å². The van der Waals surface area contributed by atoms with Gasteiger partial charge < -0.3 is 19.5 Å². The number of rotatable bonds is 8. The SMILES string of the molecule is CCc1ccccc1OCC(=O)NCc1ccc(OC)c(OC)c1. The number of nitrogens with one attached hydrogen (secondary N) is 1. The molecule has 0 heterocycles. The van der Waals surface area contributed by atoms with Crippen molar-refractivity contribution in [3.8, 4) is 17.2 Å². The first kappa shape index (κ1) is 17.7. The summed E-state index contributed by atoms with van der Waals surface area (Å²) in [7, 11) is 3.17. The van der Waals surface area contributed by atoms with Crippen LogP contribution >= 0.6 is 0 Å². The van der Waals surface area contributed by atoms with Gasteiger partial charge in [0.25, 0.3) is 5.91 Å². The van der Waals surface area contributed by atoms with E-state index in [2.05, 4.69) is 12.2 Å². The molecule has 0 atom stereocenters. The maximum atomic E-state index is 12.0. The monoisotopic (exact) mass is 329 g/mol. The highest BCUT2D eigenvalue weighted by atomic mass is 16.5. The van der Waals surface area contributed by atoms with E-state index in [1.54, 1.807) is 14.2 Å². The summed E-state index contributed by atoms with van der Waals surface area (Å²) in [4.78, 5) is 12.0. The molecule has 2 aromatic rings. The highest BCUT2D eigenvalue weighted by molar-refractivity contribution is 5.77. The minimum atomic E-state index is -0.171. The number of methoxy groups -OCH3 is 2. The van der Waals surface area contributed by atoms with Gasteiger partial charge in [0.05, 0.1) is 14.2 Å². The lowest BCUT2D eigenvalue weighted by atomic mass is 10.1. The fourth-order valence-electron chi connectivity index (χ4n) is 2.32. The maximum Gasteiger partial charge on any atom is 0.258 e. The predicted molar refractivity (Wildman–Crippen MR) is 92.7 cm³/mol. The quantitative estimate of drug-likeness (QED) is 0.809. The summed E-state index contributed by atoms with van der Waals surface area (Å²) in [5, 5.41) is 2.84. The summed E-state index contributed by atoms with van der Waals surface area (Å²) >= 11 is 0. The average molecular weight is 329 g/mol. The third-order valence-corrected chi connectivity index (χ3v) is 3.65. The molecule has 0 aliphatic rings. The third-order valence-electron chi connectivity index (χ3n) is 3.65. The molecule has 24 heavy (non-hydrogen) atoms. The number of para-hydroxylation sites is 1. The molecule has 0 aliphatic heterocycles. The number of hydrogen-bond acceptors (Lipinski definition) is 4. The molecule has 0 saturated carbocycles. The minimum Gasteiger partial charge on any atom is -0.493 e. The highest BCUT2D eigenvalue weighted by Crippen LogP contribution is 2.27. The van der Waals surface area contributed by atoms with E-state index in [4.69, 9.17) is 14.2 Å². The van der Waals surface area contributed by atoms with Crippen molar-refractivity contribution in [3.63, 3.8) is 0 Å². The smallest absolute Gasteiger partial charge is 0.258 e. The van der Waals surface area contributed by atoms with E-state index >= 15 is 0 Å². The number of benzene rings is 2. The van der Waals surface area contributed by atoms with Crippen LogP contribution in [0.2, 0.25) is 0 Å². The molecule has 0 bridgehead atoms. The molecule has 0 fully saturated rings. The fraction of sp³-hybridized carbons (Fsp3) is 0.316. The Morgan fingerprint density at radius 1 is 1.00 bits per heavy atom. The summed E-state index contributed by atoms with van der Waals surface area (Å²) in [6.45, 7) is 2.45. The molecule has 2 aromatic carbocycles. The van der Waals surface area contributed by atoms with Crippen LogP contribution in [0.3, 0.4) is 0 Å². The number of aryl methyl sites for hydroxylation is 1. The molecule has 0 aromatic heterocycles. The summed E-state index contributed by atoms with van der Waals surface area (Å²) in [5.74, 6) is 1.88. The van der Waals surface area contributed by atoms with Gasteiger partial charge in [-0.25, -0.2) is 0 Å². The van der Waals surface area contributed by atoms with Crippen molar-refractivity contribution < 1.29 is 19.0 Å². The van der Waals surface area contributed by atoms with Crippen LogP contribution in [0, 0.1) is 0 Å². The zero-order chi connectivity index (χ0) is 17.4. The standard InChI is InChI=1S/C19H23NO4/c1-4-15-7-5-6-8-16(15)24-13-19(21)20-12-14-9-10-17(22-2)18(11-14)23-3/h5-11H,4,12-13H2,1-3H3,(H,20,21). The first-order valence-corrected chi connectivity index (χ1v) is 7.86. The van der Waals surface area contributed by atoms with Gasteiger partial charge in [-0.05, 0) is 35.7 Å². The van der Waals surface area contributed by atoms with Crippen LogP contribution in [0.5, 0.6) is 17.2 Å². The number of hydrogen-bond donors (Lipinski definition) is 1. The van der Waals surface area contributed by atoms with Gasteiger partial charge in [-0.2, -0.15) is 0 Å². The van der Waals surface area contributed by atoms with Crippen LogP contribution in [-0.4, -0.2) is 26.7 Å². The third kappa shape index (κ3) is 4.65. The van der Waals surface area contributed by atoms with E-state index in [1.807, 2.05) is 42.5 Å². The second-order valence-corrected chi connectivity index (χ2v) is 5.22. The Bertz CT molecular complexity index is 685. The molecule has 2 rings (SSSR count). The molecule has 128 valence electrons. The van der Waals surface area contributed by atoms with E-state index in [-0.39, 0.29) is 12.5 Å². The summed E-state index contributed by atoms with van der Waals surface area (Å²) in [6.07, 6.45) is 0.865. The Morgan fingerprint density at radius 3 is 2.46 bits per heavy atom. The van der Waals surface area contributed by atoms with Crippen LogP contribution in [-0.2, 0) is 17.8 Å². The van der Waals surface area contributed by atoms with Gasteiger partial charge in [-0.3, -0.25) is 4.79 Å². The molecule has 1 amide bonds. The van der Waals surface area contributed by atoms with E-state index in [0.717, 1.165) is 23.3 Å². The number of amides is 1. The minimum absolute atomic E-state index is 0.00962. The van der Waals surface area contributed by atoms with Crippen LogP contribution in [0.1, 0.15) is 18.1 Å². The molecular weight excluding hydrogens is 306 g/mol. The molecule has 0 unspecified atom stereocenters. The average Bonchev–Trinajstić information content (AvgIpc) is 2.64. The molecule has 0 saturated heterocycles. The number of carbonyl (C=O) groups excluding carboxylic acids is 1. The van der Waals surface area contributed by atoms with Crippen LogP contribution in [0.25, 0.3) is 0 Å². The number of carbonyl (C=O) groups is 1. The Morgan fingerprint density at radius 2 is 1.75 bits per heavy atom. The maximum absolute atomic E-state index is 12.0. The van der Waals surface area contributed by atoms with Gasteiger partial charge in [0.1, 0.15) is 5.75 Å². The molecule has 0 spiro atoms. The largest absolute Gasteiger partial charge is 0.493 e. The summed E-state index contributed by atoms with van der Waals surface area (Å²) < 4.78 is 16.0. The Kier molecular flexibility index (Phi) is 6.49. The second-order valence-electron chi connectivity index (χ2n) is 5.22. The van der Waals surface area contributed by atoms with Crippen LogP contribution in [0.4, 0.5) is 0 Å². The lowest BCUT2D eigenvalue weighted by molar-refractivity contribution is -0.123. The van der Waals surface area contributed by atoms with E-state index in [0.29, 0.717) is 18.0 Å². The molecule has 0 radical (unpaired) electrons. The second kappa shape index (κ2) is 8.82. The Hall–Kier alpha value is -2.69. The van der Waals surface area contributed by atoms with Crippen molar-refractivity contribution in [3.05, 3.63) is 53.6 Å². The predicted octanol–water partition coefficient (Wildman–Crippen LogP) is 2.96. The van der Waals surface area contributed by atoms with Crippen molar-refractivity contribution in [2.24, 2.45) is 0 Å². The van der Waals surface area contributed by atoms with Crippen LogP contribution < -0.4 is 19.5 Å². The van der Waals surface area contributed by atoms with Gasteiger partial charge in [-0.1, -0.05) is 31.2 Å². The Balaban J connectivity index is 1.87. The molecule has 0 aliphatic carbocycles. The van der Waals surface area contributed by atoms with E-state index < -0.39 is 0 Å². The number of ether oxygens (including phenoxy) is 3. The highest BCUT2D eigenvalue weighted by Gasteiger charge is 2.08. The lowest BCUT2D eigenvalue weighted by Gasteiger charge is -2.12. The molecule has 5 nitrogen and oxygen atoms in total. The molecular formula is C19H23NO4. The van der Waals surface area contributed by atoms with Gasteiger partial charge in [-0.15, -0.1) is 0 Å². The van der Waals surface area contributed by atoms with Crippen molar-refractivity contribution in [1.29, 1.82) is 0 Å². The van der Waals surface area contributed by atoms with Crippen molar-refractivity contribution >= 4 is 5.91 Å². The van der Waals surface area contributed by atoms with Crippen molar-refractivity contribution in [2.45, 2.75) is 19.9 Å². The normalized spacial score (nSPS) is 10.1. The van der Waals surface area contributed by atoms with Gasteiger partial charge in [0.2, 0.25) is 0 Å². The van der Waals surface area contributed by atoms with Gasteiger partial charge >= 0.3 is 0 Å². The molecule has 5 heteroatoms. The summed E-state index contributed by atoms with van der Waals surface area (Å²) in [6, 6.07) is 13.3. The molecule has 1 N–H and O–H groups in total. The van der Waals surface area contributed by atoms with Crippen molar-refractivity contribution in [1.82, 2.24) is 5.32 Å². The summed E-state index contributed by atoms with van der Waals surface area (Å²) in [5.41, 5.74) is 2.01. The van der Waals surface area contributed by atoms with Gasteiger partial charge in [0.15, 0.2) is 18.1 Å². The van der Waals surface area contributed by atoms with Crippen molar-refractivity contribution in [2.75, 3.05) is 20.8 Å². The lowest BCUT2D eigenvalue weighted by Crippen LogP contribution is -2.28. The Labute approximate surface area is 142 Å². The van der Waals surface area contributed by atoms with Crippen LogP contribution in [0.15, 0.2) is 42.5 Å². The fourth-order valence-corrected chi connectivity index (χ4v) is 2.32. The van der Waals surface area contributed by atoms with E-state index in [9.17, 15) is 4.79 Å². The first-order valence-electron chi connectivity index (χ1n) is 7.86. The van der Waals surface area contributed by atoms with Gasteiger partial charge in [0, 0.05) is 6.54 Å². The zero-order valence-electron chi connectivity index (χ0n) is 14.3. The topological polar surface area (TPSA) is 56.8 Å².